The third-order valence-electron chi connectivity index (χ3n) is 1.99. The van der Waals surface area contributed by atoms with Gasteiger partial charge in [-0.1, -0.05) is 44.9 Å². The van der Waals surface area contributed by atoms with Gasteiger partial charge in [0.15, 0.2) is 0 Å². The molecule has 0 radical (unpaired) electrons. The highest BCUT2D eigenvalue weighted by Crippen LogP contribution is 2.15. The van der Waals surface area contributed by atoms with Crippen molar-refractivity contribution in [3.63, 3.8) is 0 Å². The topological polar surface area (TPSA) is 0 Å². The van der Waals surface area contributed by atoms with Gasteiger partial charge in [0.2, 0.25) is 0 Å². The minimum Gasteiger partial charge on any atom is -0.123 e. The van der Waals surface area contributed by atoms with Crippen molar-refractivity contribution in [3.05, 3.63) is 12.7 Å². The lowest BCUT2D eigenvalue weighted by Crippen LogP contribution is -2.23. The number of allylic oxidation sites excluding steroid dienone is 1. The molecule has 2 heteroatoms. The fourth-order valence-electron chi connectivity index (χ4n) is 1.40. The predicted molar refractivity (Wildman–Crippen MR) is 57.2 cm³/mol. The molecule has 0 aliphatic heterocycles. The number of alkyl halides is 1. The molecule has 0 saturated carbocycles. The summed E-state index contributed by atoms with van der Waals surface area (Å²) in [6.45, 7) is 8.23. The van der Waals surface area contributed by atoms with Crippen molar-refractivity contribution >= 4 is 20.4 Å². The van der Waals surface area contributed by atoms with Crippen molar-refractivity contribution in [1.29, 1.82) is 0 Å². The number of hydrogen-bond acceptors (Lipinski definition) is 0. The molecule has 0 nitrogen and oxygen atoms in total. The number of hydrogen-bond donors (Lipinski definition) is 0. The van der Waals surface area contributed by atoms with Gasteiger partial charge in [-0.3, -0.25) is 0 Å². The zero-order valence-corrected chi connectivity index (χ0v) is 9.56. The van der Waals surface area contributed by atoms with E-state index >= 15 is 0 Å². The van der Waals surface area contributed by atoms with Gasteiger partial charge in [-0.2, -0.15) is 0 Å². The summed E-state index contributed by atoms with van der Waals surface area (Å²) in [5.74, 6) is 0. The monoisotopic (exact) mass is 190 g/mol. The normalized spacial score (nSPS) is 13.5. The van der Waals surface area contributed by atoms with Crippen LogP contribution in [0.3, 0.4) is 0 Å². The summed E-state index contributed by atoms with van der Waals surface area (Å²) in [7, 11) is -0.681. The summed E-state index contributed by atoms with van der Waals surface area (Å²) >= 11 is 6.13. The minimum absolute atomic E-state index is 0.315. The fraction of sp³-hybridized carbons (Fsp3) is 0.778. The Morgan fingerprint density at radius 1 is 1.36 bits per heavy atom. The summed E-state index contributed by atoms with van der Waals surface area (Å²) in [5.41, 5.74) is 0. The fourth-order valence-corrected chi connectivity index (χ4v) is 4.95. The molecule has 1 unspecified atom stereocenters. The molecule has 0 aromatic carbocycles. The highest BCUT2D eigenvalue weighted by atomic mass is 35.5. The Hall–Kier alpha value is 0.247. The van der Waals surface area contributed by atoms with Gasteiger partial charge in [0.1, 0.15) is 0 Å². The zero-order valence-electron chi connectivity index (χ0n) is 7.65. The molecule has 0 fully saturated rings. The molecule has 0 amide bonds. The van der Waals surface area contributed by atoms with Crippen LogP contribution in [0.15, 0.2) is 12.7 Å². The number of halogens is 1. The van der Waals surface area contributed by atoms with Crippen molar-refractivity contribution < 1.29 is 0 Å². The zero-order chi connectivity index (χ0) is 8.69. The molecule has 0 bridgehead atoms. The maximum absolute atomic E-state index is 6.13. The summed E-state index contributed by atoms with van der Waals surface area (Å²) in [6.07, 6.45) is 4.49. The van der Waals surface area contributed by atoms with E-state index in [0.29, 0.717) is 5.00 Å². The summed E-state index contributed by atoms with van der Waals surface area (Å²) in [5, 5.41) is 0.315. The second kappa shape index (κ2) is 6.93. The Bertz CT molecular complexity index is 97.7. The van der Waals surface area contributed by atoms with Gasteiger partial charge < -0.3 is 0 Å². The summed E-state index contributed by atoms with van der Waals surface area (Å²) in [4.78, 5) is 0. The van der Waals surface area contributed by atoms with Gasteiger partial charge in [-0.15, -0.1) is 18.2 Å². The van der Waals surface area contributed by atoms with E-state index in [1.54, 1.807) is 0 Å². The Balaban J connectivity index is 3.75. The van der Waals surface area contributed by atoms with Gasteiger partial charge >= 0.3 is 0 Å². The van der Waals surface area contributed by atoms with Gasteiger partial charge in [0.25, 0.3) is 0 Å². The SMILES string of the molecule is C=CC(Cl)[SiH](CCC)CCC. The second-order valence-corrected chi connectivity index (χ2v) is 7.34. The van der Waals surface area contributed by atoms with Crippen LogP contribution in [-0.2, 0) is 0 Å². The van der Waals surface area contributed by atoms with E-state index < -0.39 is 8.80 Å². The van der Waals surface area contributed by atoms with Crippen molar-refractivity contribution in [3.8, 4) is 0 Å². The van der Waals surface area contributed by atoms with E-state index in [9.17, 15) is 0 Å². The maximum atomic E-state index is 6.13. The van der Waals surface area contributed by atoms with E-state index in [4.69, 9.17) is 11.6 Å². The van der Waals surface area contributed by atoms with E-state index in [-0.39, 0.29) is 0 Å². The Kier molecular flexibility index (Phi) is 7.08. The van der Waals surface area contributed by atoms with Crippen LogP contribution in [0.2, 0.25) is 12.1 Å². The Morgan fingerprint density at radius 2 is 1.82 bits per heavy atom. The smallest absolute Gasteiger partial charge is 0.0628 e. The van der Waals surface area contributed by atoms with Crippen molar-refractivity contribution in [1.82, 2.24) is 0 Å². The first-order valence-corrected chi connectivity index (χ1v) is 7.26. The molecule has 0 spiro atoms. The molecule has 0 heterocycles. The molecule has 0 saturated heterocycles. The first-order chi connectivity index (χ1) is 5.26. The molecule has 0 aliphatic carbocycles. The molecular formula is C9H19ClSi. The molecule has 66 valence electrons. The lowest BCUT2D eigenvalue weighted by Gasteiger charge is -2.15. The van der Waals surface area contributed by atoms with E-state index in [1.807, 2.05) is 6.08 Å². The number of rotatable bonds is 6. The standard InChI is InChI=1S/C9H19ClSi/c1-4-7-11(8-5-2)9(10)6-3/h6,9,11H,3-5,7-8H2,1-2H3. The molecule has 0 rings (SSSR count). The highest BCUT2D eigenvalue weighted by Gasteiger charge is 2.15. The third-order valence-corrected chi connectivity index (χ3v) is 7.05. The molecule has 0 aromatic heterocycles. The quantitative estimate of drug-likeness (QED) is 0.342. The largest absolute Gasteiger partial charge is 0.123 e. The van der Waals surface area contributed by atoms with Gasteiger partial charge in [-0.25, -0.2) is 0 Å². The molecule has 0 N–H and O–H groups in total. The molecule has 0 aliphatic rings. The molecular weight excluding hydrogens is 172 g/mol. The minimum atomic E-state index is -0.681. The molecule has 1 atom stereocenters. The lowest BCUT2D eigenvalue weighted by molar-refractivity contribution is 0.994. The van der Waals surface area contributed by atoms with Crippen molar-refractivity contribution in [2.45, 2.75) is 43.8 Å². The van der Waals surface area contributed by atoms with Crippen LogP contribution in [0, 0.1) is 0 Å². The third kappa shape index (κ3) is 4.65. The van der Waals surface area contributed by atoms with E-state index in [0.717, 1.165) is 0 Å². The van der Waals surface area contributed by atoms with E-state index in [1.165, 1.54) is 24.9 Å². The first-order valence-electron chi connectivity index (χ1n) is 4.52. The van der Waals surface area contributed by atoms with Crippen LogP contribution >= 0.6 is 11.6 Å². The average molecular weight is 191 g/mol. The van der Waals surface area contributed by atoms with Crippen LogP contribution in [0.5, 0.6) is 0 Å². The van der Waals surface area contributed by atoms with Gasteiger partial charge in [0, 0.05) is 5.00 Å². The molecule has 11 heavy (non-hydrogen) atoms. The first kappa shape index (κ1) is 11.2. The highest BCUT2D eigenvalue weighted by molar-refractivity contribution is 6.70. The predicted octanol–water partition coefficient (Wildman–Crippen LogP) is 3.37. The maximum Gasteiger partial charge on any atom is 0.0628 e. The van der Waals surface area contributed by atoms with Gasteiger partial charge in [0.05, 0.1) is 8.80 Å². The summed E-state index contributed by atoms with van der Waals surface area (Å²) in [6, 6.07) is 2.74. The Labute approximate surface area is 77.3 Å². The average Bonchev–Trinajstić information content (AvgIpc) is 2.03. The Morgan fingerprint density at radius 3 is 2.09 bits per heavy atom. The second-order valence-electron chi connectivity index (χ2n) is 3.02. The van der Waals surface area contributed by atoms with Crippen LogP contribution in [0.25, 0.3) is 0 Å². The van der Waals surface area contributed by atoms with Gasteiger partial charge in [-0.05, 0) is 0 Å². The van der Waals surface area contributed by atoms with Crippen molar-refractivity contribution in [2.24, 2.45) is 0 Å². The van der Waals surface area contributed by atoms with Crippen LogP contribution in [0.4, 0.5) is 0 Å². The lowest BCUT2D eigenvalue weighted by atomic mass is 10.6. The van der Waals surface area contributed by atoms with E-state index in [2.05, 4.69) is 20.4 Å². The van der Waals surface area contributed by atoms with Crippen molar-refractivity contribution in [2.75, 3.05) is 0 Å². The van der Waals surface area contributed by atoms with Crippen LogP contribution < -0.4 is 0 Å². The van der Waals surface area contributed by atoms with Crippen LogP contribution in [0.1, 0.15) is 26.7 Å². The summed E-state index contributed by atoms with van der Waals surface area (Å²) < 4.78 is 0. The molecule has 0 aromatic rings. The van der Waals surface area contributed by atoms with Crippen LogP contribution in [-0.4, -0.2) is 13.8 Å².